The molecule has 0 aliphatic carbocycles. The van der Waals surface area contributed by atoms with Crippen LogP contribution < -0.4 is 5.32 Å². The molecule has 3 nitrogen and oxygen atoms in total. The van der Waals surface area contributed by atoms with E-state index in [0.29, 0.717) is 0 Å². The molecule has 0 aromatic rings. The second-order valence-corrected chi connectivity index (χ2v) is 1.79. The van der Waals surface area contributed by atoms with Crippen molar-refractivity contribution in [3.63, 3.8) is 0 Å². The number of rotatable bonds is 4. The van der Waals surface area contributed by atoms with Gasteiger partial charge in [-0.25, -0.2) is 5.53 Å². The Balaban J connectivity index is 2.98. The molecule has 0 fully saturated rings. The van der Waals surface area contributed by atoms with E-state index in [1.54, 1.807) is 0 Å². The lowest BCUT2D eigenvalue weighted by atomic mass is 10.4. The van der Waals surface area contributed by atoms with Gasteiger partial charge in [0.05, 0.1) is 6.04 Å². The molecule has 1 atom stereocenters. The summed E-state index contributed by atoms with van der Waals surface area (Å²) in [4.78, 5) is 0. The van der Waals surface area contributed by atoms with E-state index >= 15 is 0 Å². The van der Waals surface area contributed by atoms with E-state index in [9.17, 15) is 0 Å². The van der Waals surface area contributed by atoms with Crippen molar-refractivity contribution in [1.29, 1.82) is 5.53 Å². The third-order valence-electron chi connectivity index (χ3n) is 0.910. The number of likely N-dealkylation sites (N-methyl/N-ethyl adjacent to an activating group) is 1. The summed E-state index contributed by atoms with van der Waals surface area (Å²) in [6.45, 7) is 5.73. The van der Waals surface area contributed by atoms with Crippen molar-refractivity contribution in [3.05, 3.63) is 0 Å². The quantitative estimate of drug-likeness (QED) is 0.528. The van der Waals surface area contributed by atoms with Crippen LogP contribution in [0.15, 0.2) is 5.11 Å². The molecule has 0 saturated heterocycles. The van der Waals surface area contributed by atoms with E-state index in [1.165, 1.54) is 0 Å². The number of nitrogens with zero attached hydrogens (tertiary/aromatic N) is 1. The third kappa shape index (κ3) is 3.74. The molecule has 0 aliphatic rings. The molecular formula is C5H13N3. The van der Waals surface area contributed by atoms with Crippen LogP contribution in [0.2, 0.25) is 0 Å². The molecule has 0 radical (unpaired) electrons. The van der Waals surface area contributed by atoms with Gasteiger partial charge in [-0.3, -0.25) is 0 Å². The minimum atomic E-state index is 0.134. The van der Waals surface area contributed by atoms with Crippen molar-refractivity contribution in [2.45, 2.75) is 19.9 Å². The number of hydrogen-bond donors (Lipinski definition) is 2. The Bertz CT molecular complexity index is 62.7. The fourth-order valence-corrected chi connectivity index (χ4v) is 0.399. The van der Waals surface area contributed by atoms with Crippen LogP contribution in [0.1, 0.15) is 13.8 Å². The second-order valence-electron chi connectivity index (χ2n) is 1.79. The molecule has 48 valence electrons. The van der Waals surface area contributed by atoms with Gasteiger partial charge >= 0.3 is 0 Å². The van der Waals surface area contributed by atoms with Crippen molar-refractivity contribution in [3.8, 4) is 0 Å². The smallest absolute Gasteiger partial charge is 0.0801 e. The van der Waals surface area contributed by atoms with E-state index in [1.807, 2.05) is 13.8 Å². The van der Waals surface area contributed by atoms with Gasteiger partial charge in [0, 0.05) is 6.54 Å². The van der Waals surface area contributed by atoms with Gasteiger partial charge in [-0.2, -0.15) is 5.11 Å². The zero-order chi connectivity index (χ0) is 6.41. The highest BCUT2D eigenvalue weighted by molar-refractivity contribution is 4.57. The number of nitrogens with one attached hydrogen (secondary N) is 2. The van der Waals surface area contributed by atoms with E-state index in [0.717, 1.165) is 13.1 Å². The van der Waals surface area contributed by atoms with Crippen LogP contribution in [-0.2, 0) is 0 Å². The van der Waals surface area contributed by atoms with Crippen LogP contribution in [0.5, 0.6) is 0 Å². The molecule has 0 aliphatic heterocycles. The lowest BCUT2D eigenvalue weighted by molar-refractivity contribution is 0.598. The molecule has 8 heavy (non-hydrogen) atoms. The van der Waals surface area contributed by atoms with Crippen molar-refractivity contribution in [1.82, 2.24) is 5.32 Å². The Morgan fingerprint density at radius 2 is 2.38 bits per heavy atom. The molecule has 0 rings (SSSR count). The molecule has 2 N–H and O–H groups in total. The summed E-state index contributed by atoms with van der Waals surface area (Å²) < 4.78 is 0. The first kappa shape index (κ1) is 7.56. The first-order valence-corrected chi connectivity index (χ1v) is 2.88. The van der Waals surface area contributed by atoms with Gasteiger partial charge in [0.2, 0.25) is 0 Å². The highest BCUT2D eigenvalue weighted by atomic mass is 15.0. The highest BCUT2D eigenvalue weighted by Gasteiger charge is 1.93. The summed E-state index contributed by atoms with van der Waals surface area (Å²) in [7, 11) is 0. The van der Waals surface area contributed by atoms with Crippen molar-refractivity contribution in [2.75, 3.05) is 13.1 Å². The Hall–Kier alpha value is -0.440. The van der Waals surface area contributed by atoms with Crippen molar-refractivity contribution >= 4 is 0 Å². The molecule has 3 heteroatoms. The summed E-state index contributed by atoms with van der Waals surface area (Å²) in [5, 5.41) is 6.40. The van der Waals surface area contributed by atoms with Crippen LogP contribution in [0.3, 0.4) is 0 Å². The van der Waals surface area contributed by atoms with Gasteiger partial charge < -0.3 is 5.32 Å². The molecule has 0 bridgehead atoms. The normalized spacial score (nSPS) is 13.2. The predicted octanol–water partition coefficient (Wildman–Crippen LogP) is 1.02. The predicted molar refractivity (Wildman–Crippen MR) is 33.2 cm³/mol. The largest absolute Gasteiger partial charge is 0.315 e. The monoisotopic (exact) mass is 115 g/mol. The van der Waals surface area contributed by atoms with Crippen LogP contribution in [0, 0.1) is 5.53 Å². The standard InChI is InChI=1S/C5H13N3/c1-3-7-4-5(2)8-6/h5-7H,3-4H2,1-2H3. The van der Waals surface area contributed by atoms with Crippen LogP contribution >= 0.6 is 0 Å². The Morgan fingerprint density at radius 1 is 1.75 bits per heavy atom. The highest BCUT2D eigenvalue weighted by Crippen LogP contribution is 1.82. The summed E-state index contributed by atoms with van der Waals surface area (Å²) in [6, 6.07) is 0.134. The summed E-state index contributed by atoms with van der Waals surface area (Å²) in [5.41, 5.74) is 6.57. The fraction of sp³-hybridized carbons (Fsp3) is 1.00. The van der Waals surface area contributed by atoms with E-state index < -0.39 is 0 Å². The number of hydrogen-bond acceptors (Lipinski definition) is 3. The minimum Gasteiger partial charge on any atom is -0.315 e. The lowest BCUT2D eigenvalue weighted by Crippen LogP contribution is -2.22. The first-order valence-electron chi connectivity index (χ1n) is 2.88. The van der Waals surface area contributed by atoms with Crippen LogP contribution in [0.4, 0.5) is 0 Å². The summed E-state index contributed by atoms with van der Waals surface area (Å²) in [6.07, 6.45) is 0. The van der Waals surface area contributed by atoms with Gasteiger partial charge in [0.15, 0.2) is 0 Å². The molecule has 1 unspecified atom stereocenters. The zero-order valence-electron chi connectivity index (χ0n) is 5.44. The van der Waals surface area contributed by atoms with Crippen LogP contribution in [-0.4, -0.2) is 19.1 Å². The average Bonchev–Trinajstić information content (AvgIpc) is 1.83. The van der Waals surface area contributed by atoms with Crippen molar-refractivity contribution in [2.24, 2.45) is 5.11 Å². The van der Waals surface area contributed by atoms with Gasteiger partial charge in [-0.05, 0) is 13.5 Å². The lowest BCUT2D eigenvalue weighted by Gasteiger charge is -2.01. The maximum atomic E-state index is 6.57. The Kier molecular flexibility index (Phi) is 4.45. The maximum absolute atomic E-state index is 6.57. The fourth-order valence-electron chi connectivity index (χ4n) is 0.399. The molecule has 0 heterocycles. The van der Waals surface area contributed by atoms with Crippen LogP contribution in [0.25, 0.3) is 0 Å². The topological polar surface area (TPSA) is 48.2 Å². The van der Waals surface area contributed by atoms with Crippen molar-refractivity contribution < 1.29 is 0 Å². The third-order valence-corrected chi connectivity index (χ3v) is 0.910. The average molecular weight is 115 g/mol. The molecule has 0 spiro atoms. The summed E-state index contributed by atoms with van der Waals surface area (Å²) >= 11 is 0. The van der Waals surface area contributed by atoms with Gasteiger partial charge in [0.25, 0.3) is 0 Å². The van der Waals surface area contributed by atoms with Gasteiger partial charge in [-0.1, -0.05) is 6.92 Å². The van der Waals surface area contributed by atoms with E-state index in [-0.39, 0.29) is 6.04 Å². The maximum Gasteiger partial charge on any atom is 0.0801 e. The van der Waals surface area contributed by atoms with Gasteiger partial charge in [0.1, 0.15) is 0 Å². The Morgan fingerprint density at radius 3 is 2.75 bits per heavy atom. The molecule has 0 saturated carbocycles. The minimum absolute atomic E-state index is 0.134. The first-order chi connectivity index (χ1) is 3.81. The Labute approximate surface area is 50.0 Å². The SMILES string of the molecule is CCNCC(C)N=N. The molecular weight excluding hydrogens is 102 g/mol. The summed E-state index contributed by atoms with van der Waals surface area (Å²) in [5.74, 6) is 0. The molecule has 0 amide bonds. The van der Waals surface area contributed by atoms with E-state index in [4.69, 9.17) is 5.53 Å². The second kappa shape index (κ2) is 4.71. The molecule has 0 aromatic carbocycles. The van der Waals surface area contributed by atoms with E-state index in [2.05, 4.69) is 10.4 Å². The van der Waals surface area contributed by atoms with Gasteiger partial charge in [-0.15, -0.1) is 0 Å². The molecule has 0 aromatic heterocycles. The zero-order valence-corrected chi connectivity index (χ0v) is 5.44.